The Labute approximate surface area is 298 Å². The number of carbonyl (C=O) groups excluding carboxylic acids is 4. The SMILES string of the molecule is C=CCCC(=O)OC[C@H](NC(=O)[C@H]1[C@@H]2O[C@@]3(CC2Br)[C@@H]1C(=O)N([C@@H](CO)CC(C)C)[C@@H]3C(=O)N(CC=C)C1CCCCC1)c1ccccc1. The van der Waals surface area contributed by atoms with Gasteiger partial charge in [0, 0.05) is 23.8 Å². The van der Waals surface area contributed by atoms with Gasteiger partial charge in [-0.3, -0.25) is 19.2 Å². The summed E-state index contributed by atoms with van der Waals surface area (Å²) < 4.78 is 12.4. The first-order valence-corrected chi connectivity index (χ1v) is 18.8. The molecule has 4 aliphatic rings. The Morgan fingerprint density at radius 3 is 2.51 bits per heavy atom. The van der Waals surface area contributed by atoms with Crippen LogP contribution in [0.4, 0.5) is 0 Å². The third kappa shape index (κ3) is 7.54. The summed E-state index contributed by atoms with van der Waals surface area (Å²) in [5, 5.41) is 13.8. The third-order valence-corrected chi connectivity index (χ3v) is 11.6. The molecular weight excluding hydrogens is 690 g/mol. The molecule has 3 amide bonds. The van der Waals surface area contributed by atoms with Crippen LogP contribution in [0, 0.1) is 17.8 Å². The van der Waals surface area contributed by atoms with E-state index in [0.717, 1.165) is 37.7 Å². The molecule has 0 aromatic heterocycles. The van der Waals surface area contributed by atoms with Crippen molar-refractivity contribution in [2.75, 3.05) is 19.8 Å². The number of aliphatic hydroxyl groups is 1. The number of nitrogens with zero attached hydrogens (tertiary/aromatic N) is 2. The van der Waals surface area contributed by atoms with Crippen LogP contribution in [-0.2, 0) is 28.7 Å². The predicted octanol–water partition coefficient (Wildman–Crippen LogP) is 4.86. The Kier molecular flexibility index (Phi) is 12.4. The van der Waals surface area contributed by atoms with Crippen molar-refractivity contribution in [2.45, 2.75) is 112 Å². The highest BCUT2D eigenvalue weighted by Gasteiger charge is 2.77. The van der Waals surface area contributed by atoms with Gasteiger partial charge in [0.15, 0.2) is 0 Å². The van der Waals surface area contributed by atoms with E-state index in [-0.39, 0.29) is 48.2 Å². The maximum Gasteiger partial charge on any atom is 0.306 e. The minimum atomic E-state index is -1.26. The number of alkyl halides is 1. The van der Waals surface area contributed by atoms with Crippen LogP contribution in [0.5, 0.6) is 0 Å². The minimum absolute atomic E-state index is 0.0163. The molecular formula is C38H52BrN3O7. The van der Waals surface area contributed by atoms with Gasteiger partial charge in [-0.25, -0.2) is 0 Å². The first-order chi connectivity index (χ1) is 23.6. The van der Waals surface area contributed by atoms with E-state index >= 15 is 0 Å². The first kappa shape index (κ1) is 37.2. The summed E-state index contributed by atoms with van der Waals surface area (Å²) >= 11 is 3.77. The average molecular weight is 743 g/mol. The van der Waals surface area contributed by atoms with E-state index in [1.54, 1.807) is 17.1 Å². The lowest BCUT2D eigenvalue weighted by Crippen LogP contribution is -2.60. The average Bonchev–Trinajstić information content (AvgIpc) is 3.70. The van der Waals surface area contributed by atoms with Gasteiger partial charge in [0.1, 0.15) is 18.2 Å². The van der Waals surface area contributed by atoms with Crippen molar-refractivity contribution in [2.24, 2.45) is 17.8 Å². The van der Waals surface area contributed by atoms with Gasteiger partial charge in [0.05, 0.1) is 36.6 Å². The summed E-state index contributed by atoms with van der Waals surface area (Å²) in [6.45, 7) is 11.6. The number of hydrogen-bond acceptors (Lipinski definition) is 7. The maximum atomic E-state index is 14.9. The van der Waals surface area contributed by atoms with Crippen LogP contribution in [0.2, 0.25) is 0 Å². The van der Waals surface area contributed by atoms with Crippen molar-refractivity contribution in [1.82, 2.24) is 15.1 Å². The number of allylic oxidation sites excluding steroid dienone is 1. The molecule has 3 aliphatic heterocycles. The highest BCUT2D eigenvalue weighted by Crippen LogP contribution is 2.61. The molecule has 1 aromatic rings. The van der Waals surface area contributed by atoms with Gasteiger partial charge in [0.25, 0.3) is 0 Å². The summed E-state index contributed by atoms with van der Waals surface area (Å²) in [6, 6.07) is 6.98. The van der Waals surface area contributed by atoms with Crippen LogP contribution in [0.1, 0.15) is 83.2 Å². The fourth-order valence-corrected chi connectivity index (χ4v) is 9.55. The van der Waals surface area contributed by atoms with Crippen molar-refractivity contribution in [3.8, 4) is 0 Å². The Hall–Kier alpha value is -3.02. The number of likely N-dealkylation sites (tertiary alicyclic amines) is 1. The van der Waals surface area contributed by atoms with Crippen LogP contribution >= 0.6 is 15.9 Å². The van der Waals surface area contributed by atoms with Gasteiger partial charge in [0.2, 0.25) is 17.7 Å². The van der Waals surface area contributed by atoms with E-state index in [1.165, 1.54) is 0 Å². The number of rotatable bonds is 16. The van der Waals surface area contributed by atoms with E-state index in [1.807, 2.05) is 49.1 Å². The Morgan fingerprint density at radius 1 is 1.16 bits per heavy atom. The van der Waals surface area contributed by atoms with Crippen LogP contribution in [0.25, 0.3) is 0 Å². The number of amides is 3. The number of hydrogen-bond donors (Lipinski definition) is 2. The molecule has 2 bridgehead atoms. The summed E-state index contributed by atoms with van der Waals surface area (Å²) in [5.41, 5.74) is -0.508. The Balaban J connectivity index is 1.50. The molecule has 10 nitrogen and oxygen atoms in total. The molecule has 1 unspecified atom stereocenters. The number of carbonyl (C=O) groups is 4. The topological polar surface area (TPSA) is 125 Å². The molecule has 5 rings (SSSR count). The van der Waals surface area contributed by atoms with Crippen LogP contribution in [0.3, 0.4) is 0 Å². The molecule has 2 N–H and O–H groups in total. The molecule has 268 valence electrons. The normalized spacial score (nSPS) is 29.0. The second-order valence-electron chi connectivity index (χ2n) is 14.4. The van der Waals surface area contributed by atoms with E-state index in [2.05, 4.69) is 34.4 Å². The number of ether oxygens (including phenoxy) is 2. The maximum absolute atomic E-state index is 14.9. The van der Waals surface area contributed by atoms with Crippen LogP contribution < -0.4 is 5.32 Å². The summed E-state index contributed by atoms with van der Waals surface area (Å²) in [5.74, 6) is -3.04. The smallest absolute Gasteiger partial charge is 0.306 e. The monoisotopic (exact) mass is 741 g/mol. The largest absolute Gasteiger partial charge is 0.463 e. The molecule has 11 heteroatoms. The van der Waals surface area contributed by atoms with E-state index in [9.17, 15) is 24.3 Å². The lowest BCUT2D eigenvalue weighted by molar-refractivity contribution is -0.153. The fraction of sp³-hybridized carbons (Fsp3) is 0.632. The molecule has 1 saturated carbocycles. The van der Waals surface area contributed by atoms with Gasteiger partial charge in [-0.1, -0.05) is 91.5 Å². The zero-order valence-corrected chi connectivity index (χ0v) is 30.4. The summed E-state index contributed by atoms with van der Waals surface area (Å²) in [6.07, 6.45) is 9.17. The quantitative estimate of drug-likeness (QED) is 0.141. The lowest BCUT2D eigenvalue weighted by Gasteiger charge is -2.42. The molecule has 1 spiro atoms. The highest BCUT2D eigenvalue weighted by molar-refractivity contribution is 9.09. The third-order valence-electron chi connectivity index (χ3n) is 10.7. The molecule has 0 radical (unpaired) electrons. The Morgan fingerprint density at radius 2 is 1.88 bits per heavy atom. The zero-order valence-electron chi connectivity index (χ0n) is 28.8. The molecule has 3 heterocycles. The number of halogens is 1. The van der Waals surface area contributed by atoms with Gasteiger partial charge >= 0.3 is 5.97 Å². The lowest BCUT2D eigenvalue weighted by atomic mass is 9.70. The molecule has 1 aromatic carbocycles. The standard InChI is InChI=1S/C38H52BrN3O7/c1-5-7-18-30(44)48-23-29(25-14-10-8-11-15-25)40-35(45)31-32-36(46)42(27(22-43)20-24(3)4)34(38(32)21-28(39)33(31)49-38)37(47)41(19-6-2)26-16-12-9-13-17-26/h5-6,8,10-11,14-15,24,26-29,31-34,43H,1-2,7,9,12-13,16-23H2,3-4H3,(H,40,45)/t27-,28?,29+,31-,32+,33-,34-,38+/m1/s1. The second kappa shape index (κ2) is 16.3. The van der Waals surface area contributed by atoms with Crippen molar-refractivity contribution < 1.29 is 33.8 Å². The minimum Gasteiger partial charge on any atom is -0.463 e. The highest BCUT2D eigenvalue weighted by atomic mass is 79.9. The van der Waals surface area contributed by atoms with E-state index in [0.29, 0.717) is 25.8 Å². The molecule has 8 atom stereocenters. The van der Waals surface area contributed by atoms with Crippen LogP contribution in [-0.4, -0.2) is 93.0 Å². The van der Waals surface area contributed by atoms with Gasteiger partial charge < -0.3 is 29.7 Å². The number of aliphatic hydroxyl groups excluding tert-OH is 1. The number of benzene rings is 1. The summed E-state index contributed by atoms with van der Waals surface area (Å²) in [7, 11) is 0. The molecule has 49 heavy (non-hydrogen) atoms. The van der Waals surface area contributed by atoms with Gasteiger partial charge in [-0.15, -0.1) is 13.2 Å². The van der Waals surface area contributed by atoms with Gasteiger partial charge in [-0.2, -0.15) is 0 Å². The van der Waals surface area contributed by atoms with Gasteiger partial charge in [-0.05, 0) is 43.6 Å². The predicted molar refractivity (Wildman–Crippen MR) is 189 cm³/mol. The number of esters is 1. The molecule has 3 saturated heterocycles. The van der Waals surface area contributed by atoms with Crippen LogP contribution in [0.15, 0.2) is 55.6 Å². The Bertz CT molecular complexity index is 1370. The van der Waals surface area contributed by atoms with E-state index in [4.69, 9.17) is 9.47 Å². The van der Waals surface area contributed by atoms with Crippen molar-refractivity contribution in [3.05, 3.63) is 61.2 Å². The summed E-state index contributed by atoms with van der Waals surface area (Å²) in [4.78, 5) is 59.8. The first-order valence-electron chi connectivity index (χ1n) is 17.9. The second-order valence-corrected chi connectivity index (χ2v) is 15.6. The molecule has 4 fully saturated rings. The number of nitrogens with one attached hydrogen (secondary N) is 1. The fourth-order valence-electron chi connectivity index (χ4n) is 8.61. The van der Waals surface area contributed by atoms with Crippen molar-refractivity contribution in [1.29, 1.82) is 0 Å². The van der Waals surface area contributed by atoms with Crippen molar-refractivity contribution in [3.63, 3.8) is 0 Å². The van der Waals surface area contributed by atoms with Crippen molar-refractivity contribution >= 4 is 39.6 Å². The molecule has 1 aliphatic carbocycles. The zero-order chi connectivity index (χ0) is 35.3. The van der Waals surface area contributed by atoms with E-state index < -0.39 is 53.5 Å². The number of fused-ring (bicyclic) bond motifs is 1.